The predicted molar refractivity (Wildman–Crippen MR) is 71.6 cm³/mol. The Hall–Kier alpha value is -1.72. The largest absolute Gasteiger partial charge is 0.439 e. The maximum atomic E-state index is 13.2. The Bertz CT molecular complexity index is 589. The van der Waals surface area contributed by atoms with E-state index in [1.54, 1.807) is 18.2 Å². The van der Waals surface area contributed by atoms with E-state index in [1.807, 2.05) is 0 Å². The molecule has 1 aromatic carbocycles. The van der Waals surface area contributed by atoms with Gasteiger partial charge >= 0.3 is 0 Å². The standard InChI is InChI=1S/C12H8ClFN2OS/c13-9-3-2-8(5-10(9)14)17-11-4-1-7(6-16-11)12(15)18/h1-6H,(H2,15,18). The van der Waals surface area contributed by atoms with Crippen molar-refractivity contribution >= 4 is 28.8 Å². The van der Waals surface area contributed by atoms with E-state index in [9.17, 15) is 4.39 Å². The fourth-order valence-electron chi connectivity index (χ4n) is 1.25. The van der Waals surface area contributed by atoms with Crippen LogP contribution in [0.2, 0.25) is 5.02 Å². The number of nitrogens with two attached hydrogens (primary N) is 1. The molecule has 18 heavy (non-hydrogen) atoms. The number of hydrogen-bond donors (Lipinski definition) is 1. The highest BCUT2D eigenvalue weighted by Crippen LogP contribution is 2.24. The predicted octanol–water partition coefficient (Wildman–Crippen LogP) is 3.30. The van der Waals surface area contributed by atoms with Crippen LogP contribution >= 0.6 is 23.8 Å². The van der Waals surface area contributed by atoms with Crippen LogP contribution in [-0.2, 0) is 0 Å². The third kappa shape index (κ3) is 2.94. The van der Waals surface area contributed by atoms with Crippen molar-refractivity contribution in [2.75, 3.05) is 0 Å². The van der Waals surface area contributed by atoms with Crippen LogP contribution in [0.1, 0.15) is 5.56 Å². The quantitative estimate of drug-likeness (QED) is 0.878. The van der Waals surface area contributed by atoms with Crippen molar-refractivity contribution in [1.29, 1.82) is 0 Å². The number of pyridine rings is 1. The molecule has 0 spiro atoms. The number of halogens is 2. The highest BCUT2D eigenvalue weighted by molar-refractivity contribution is 7.80. The number of thiocarbonyl (C=S) groups is 1. The zero-order valence-electron chi connectivity index (χ0n) is 9.06. The van der Waals surface area contributed by atoms with E-state index in [0.717, 1.165) is 0 Å². The van der Waals surface area contributed by atoms with Crippen molar-refractivity contribution in [3.63, 3.8) is 0 Å². The van der Waals surface area contributed by atoms with Crippen LogP contribution < -0.4 is 10.5 Å². The molecule has 3 nitrogen and oxygen atoms in total. The zero-order valence-corrected chi connectivity index (χ0v) is 10.6. The molecule has 0 amide bonds. The summed E-state index contributed by atoms with van der Waals surface area (Å²) in [4.78, 5) is 4.26. The first-order valence-electron chi connectivity index (χ1n) is 4.95. The average molecular weight is 283 g/mol. The third-order valence-electron chi connectivity index (χ3n) is 2.13. The van der Waals surface area contributed by atoms with Gasteiger partial charge in [0.15, 0.2) is 0 Å². The molecule has 2 aromatic rings. The number of hydrogen-bond acceptors (Lipinski definition) is 3. The molecular weight excluding hydrogens is 275 g/mol. The normalized spacial score (nSPS) is 10.1. The zero-order chi connectivity index (χ0) is 13.1. The summed E-state index contributed by atoms with van der Waals surface area (Å²) < 4.78 is 18.5. The van der Waals surface area contributed by atoms with Gasteiger partial charge in [-0.2, -0.15) is 0 Å². The van der Waals surface area contributed by atoms with E-state index >= 15 is 0 Å². The third-order valence-corrected chi connectivity index (χ3v) is 2.68. The molecule has 0 atom stereocenters. The van der Waals surface area contributed by atoms with Gasteiger partial charge in [-0.3, -0.25) is 0 Å². The Kier molecular flexibility index (Phi) is 3.74. The topological polar surface area (TPSA) is 48.1 Å². The fourth-order valence-corrected chi connectivity index (χ4v) is 1.49. The van der Waals surface area contributed by atoms with Crippen molar-refractivity contribution in [3.05, 3.63) is 52.9 Å². The van der Waals surface area contributed by atoms with Crippen molar-refractivity contribution in [2.45, 2.75) is 0 Å². The highest BCUT2D eigenvalue weighted by atomic mass is 35.5. The number of benzene rings is 1. The number of aromatic nitrogens is 1. The van der Waals surface area contributed by atoms with Crippen molar-refractivity contribution in [2.24, 2.45) is 5.73 Å². The summed E-state index contributed by atoms with van der Waals surface area (Å²) in [5.41, 5.74) is 6.08. The maximum Gasteiger partial charge on any atom is 0.219 e. The first-order chi connectivity index (χ1) is 8.56. The van der Waals surface area contributed by atoms with Crippen LogP contribution in [0.25, 0.3) is 0 Å². The van der Waals surface area contributed by atoms with E-state index in [4.69, 9.17) is 34.3 Å². The Labute approximate surface area is 113 Å². The van der Waals surface area contributed by atoms with Crippen LogP contribution in [0.4, 0.5) is 4.39 Å². The van der Waals surface area contributed by atoms with Gasteiger partial charge in [-0.05, 0) is 18.2 Å². The lowest BCUT2D eigenvalue weighted by Gasteiger charge is -2.05. The van der Waals surface area contributed by atoms with Gasteiger partial charge < -0.3 is 10.5 Å². The Balaban J connectivity index is 2.18. The molecule has 0 fully saturated rings. The molecular formula is C12H8ClFN2OS. The van der Waals surface area contributed by atoms with Gasteiger partial charge in [0.25, 0.3) is 0 Å². The first kappa shape index (κ1) is 12.7. The molecule has 1 heterocycles. The number of ether oxygens (including phenoxy) is 1. The molecule has 1 aromatic heterocycles. The molecule has 0 saturated heterocycles. The van der Waals surface area contributed by atoms with Gasteiger partial charge in [0.2, 0.25) is 5.88 Å². The minimum absolute atomic E-state index is 0.0409. The molecule has 0 aliphatic heterocycles. The Morgan fingerprint density at radius 2 is 2.11 bits per heavy atom. The summed E-state index contributed by atoms with van der Waals surface area (Å²) in [6.07, 6.45) is 1.49. The molecule has 2 N–H and O–H groups in total. The van der Waals surface area contributed by atoms with Crippen LogP contribution in [0.15, 0.2) is 36.5 Å². The lowest BCUT2D eigenvalue weighted by atomic mass is 10.3. The summed E-state index contributed by atoms with van der Waals surface area (Å²) in [6, 6.07) is 7.42. The average Bonchev–Trinajstić information content (AvgIpc) is 2.34. The number of rotatable bonds is 3. The van der Waals surface area contributed by atoms with Gasteiger partial charge in [-0.15, -0.1) is 0 Å². The second kappa shape index (κ2) is 5.29. The van der Waals surface area contributed by atoms with Crippen molar-refractivity contribution < 1.29 is 9.13 Å². The molecule has 0 bridgehead atoms. The van der Waals surface area contributed by atoms with E-state index in [-0.39, 0.29) is 10.0 Å². The summed E-state index contributed by atoms with van der Waals surface area (Å²) in [7, 11) is 0. The van der Waals surface area contributed by atoms with E-state index in [1.165, 1.54) is 18.3 Å². The molecule has 0 aliphatic rings. The van der Waals surface area contributed by atoms with Gasteiger partial charge in [0, 0.05) is 23.9 Å². The lowest BCUT2D eigenvalue weighted by Crippen LogP contribution is -2.09. The van der Waals surface area contributed by atoms with Crippen LogP contribution in [0.3, 0.4) is 0 Å². The number of nitrogens with zero attached hydrogens (tertiary/aromatic N) is 1. The minimum Gasteiger partial charge on any atom is -0.439 e. The molecule has 0 unspecified atom stereocenters. The van der Waals surface area contributed by atoms with Crippen LogP contribution in [0.5, 0.6) is 11.6 Å². The van der Waals surface area contributed by atoms with E-state index in [2.05, 4.69) is 4.98 Å². The monoisotopic (exact) mass is 282 g/mol. The van der Waals surface area contributed by atoms with Gasteiger partial charge in [-0.25, -0.2) is 9.37 Å². The van der Waals surface area contributed by atoms with Crippen molar-refractivity contribution in [1.82, 2.24) is 4.98 Å². The summed E-state index contributed by atoms with van der Waals surface area (Å²) in [5, 5.41) is 0.0409. The summed E-state index contributed by atoms with van der Waals surface area (Å²) in [5.74, 6) is 0.0816. The second-order valence-electron chi connectivity index (χ2n) is 3.43. The molecule has 2 rings (SSSR count). The molecule has 92 valence electrons. The fraction of sp³-hybridized carbons (Fsp3) is 0. The Morgan fingerprint density at radius 1 is 1.33 bits per heavy atom. The molecule has 0 aliphatic carbocycles. The summed E-state index contributed by atoms with van der Waals surface area (Å²) >= 11 is 10.4. The van der Waals surface area contributed by atoms with Gasteiger partial charge in [0.05, 0.1) is 5.02 Å². The molecule has 6 heteroatoms. The lowest BCUT2D eigenvalue weighted by molar-refractivity contribution is 0.458. The van der Waals surface area contributed by atoms with E-state index in [0.29, 0.717) is 17.2 Å². The molecule has 0 saturated carbocycles. The minimum atomic E-state index is -0.547. The van der Waals surface area contributed by atoms with Crippen LogP contribution in [0, 0.1) is 5.82 Å². The maximum absolute atomic E-state index is 13.2. The Morgan fingerprint density at radius 3 is 2.67 bits per heavy atom. The SMILES string of the molecule is NC(=S)c1ccc(Oc2ccc(Cl)c(F)c2)nc1. The van der Waals surface area contributed by atoms with Gasteiger partial charge in [0.1, 0.15) is 16.6 Å². The smallest absolute Gasteiger partial charge is 0.219 e. The second-order valence-corrected chi connectivity index (χ2v) is 4.27. The van der Waals surface area contributed by atoms with E-state index < -0.39 is 5.82 Å². The van der Waals surface area contributed by atoms with Gasteiger partial charge in [-0.1, -0.05) is 23.8 Å². The molecule has 0 radical (unpaired) electrons. The summed E-state index contributed by atoms with van der Waals surface area (Å²) in [6.45, 7) is 0. The highest BCUT2D eigenvalue weighted by Gasteiger charge is 2.04. The first-order valence-corrected chi connectivity index (χ1v) is 5.73. The van der Waals surface area contributed by atoms with Crippen molar-refractivity contribution in [3.8, 4) is 11.6 Å². The van der Waals surface area contributed by atoms with Crippen LogP contribution in [-0.4, -0.2) is 9.97 Å².